The Hall–Kier alpha value is -3.47. The van der Waals surface area contributed by atoms with E-state index in [0.29, 0.717) is 11.3 Å². The van der Waals surface area contributed by atoms with E-state index in [1.807, 2.05) is 54.6 Å². The number of aromatic nitrogens is 2. The molecule has 1 heterocycles. The first-order valence-corrected chi connectivity index (χ1v) is 7.78. The Bertz CT molecular complexity index is 1000. The van der Waals surface area contributed by atoms with Crippen molar-refractivity contribution in [1.82, 2.24) is 9.97 Å². The van der Waals surface area contributed by atoms with Crippen LogP contribution in [0.4, 0.5) is 15.9 Å². The number of halogens is 1. The van der Waals surface area contributed by atoms with Crippen LogP contribution in [0.2, 0.25) is 0 Å². The Morgan fingerprint density at radius 3 is 2.36 bits per heavy atom. The van der Waals surface area contributed by atoms with E-state index in [1.54, 1.807) is 6.07 Å². The Kier molecular flexibility index (Phi) is 3.96. The summed E-state index contributed by atoms with van der Waals surface area (Å²) in [4.78, 5) is 8.34. The van der Waals surface area contributed by atoms with E-state index < -0.39 is 0 Å². The molecule has 0 saturated carbocycles. The number of ether oxygens (including phenoxy) is 1. The summed E-state index contributed by atoms with van der Waals surface area (Å²) in [7, 11) is 0. The summed E-state index contributed by atoms with van der Waals surface area (Å²) in [6, 6.07) is 21.6. The largest absolute Gasteiger partial charge is 0.457 e. The molecule has 1 N–H and O–H groups in total. The van der Waals surface area contributed by atoms with E-state index in [1.165, 1.54) is 18.5 Å². The van der Waals surface area contributed by atoms with Crippen molar-refractivity contribution in [3.63, 3.8) is 0 Å². The number of nitrogens with one attached hydrogen (secondary N) is 1. The van der Waals surface area contributed by atoms with Crippen LogP contribution in [-0.4, -0.2) is 9.97 Å². The maximum atomic E-state index is 13.3. The van der Waals surface area contributed by atoms with Gasteiger partial charge in [-0.1, -0.05) is 18.2 Å². The van der Waals surface area contributed by atoms with Crippen molar-refractivity contribution in [2.45, 2.75) is 0 Å². The standard InChI is InChI=1S/C20H14FN3O/c21-14-6-11-18-19(12-14)22-13-23-20(18)24-15-7-9-17(10-8-15)25-16-4-2-1-3-5-16/h1-13H,(H,22,23,24). The van der Waals surface area contributed by atoms with Crippen molar-refractivity contribution in [2.24, 2.45) is 0 Å². The second-order valence-electron chi connectivity index (χ2n) is 5.45. The number of para-hydroxylation sites is 1. The summed E-state index contributed by atoms with van der Waals surface area (Å²) in [5.41, 5.74) is 1.41. The molecule has 0 radical (unpaired) electrons. The SMILES string of the molecule is Fc1ccc2c(Nc3ccc(Oc4ccccc4)cc3)ncnc2c1. The number of anilines is 2. The molecule has 0 aliphatic rings. The third-order valence-electron chi connectivity index (χ3n) is 3.69. The Morgan fingerprint density at radius 2 is 1.56 bits per heavy atom. The van der Waals surface area contributed by atoms with Crippen LogP contribution in [0.3, 0.4) is 0 Å². The molecule has 0 bridgehead atoms. The van der Waals surface area contributed by atoms with Crippen LogP contribution in [-0.2, 0) is 0 Å². The van der Waals surface area contributed by atoms with Gasteiger partial charge in [-0.05, 0) is 48.5 Å². The molecule has 25 heavy (non-hydrogen) atoms. The monoisotopic (exact) mass is 331 g/mol. The number of rotatable bonds is 4. The lowest BCUT2D eigenvalue weighted by Gasteiger charge is -2.10. The fourth-order valence-electron chi connectivity index (χ4n) is 2.50. The Balaban J connectivity index is 1.55. The minimum absolute atomic E-state index is 0.320. The number of hydrogen-bond donors (Lipinski definition) is 1. The van der Waals surface area contributed by atoms with Gasteiger partial charge in [0.25, 0.3) is 0 Å². The van der Waals surface area contributed by atoms with Gasteiger partial charge in [-0.2, -0.15) is 0 Å². The van der Waals surface area contributed by atoms with E-state index in [2.05, 4.69) is 15.3 Å². The molecular formula is C20H14FN3O. The maximum absolute atomic E-state index is 13.3. The fraction of sp³-hybridized carbons (Fsp3) is 0. The summed E-state index contributed by atoms with van der Waals surface area (Å²) in [5.74, 6) is 1.83. The van der Waals surface area contributed by atoms with Crippen molar-refractivity contribution < 1.29 is 9.13 Å². The average molecular weight is 331 g/mol. The molecule has 3 aromatic carbocycles. The van der Waals surface area contributed by atoms with Gasteiger partial charge in [0, 0.05) is 17.1 Å². The van der Waals surface area contributed by atoms with Crippen LogP contribution in [0.5, 0.6) is 11.5 Å². The predicted octanol–water partition coefficient (Wildman–Crippen LogP) is 5.30. The van der Waals surface area contributed by atoms with Crippen molar-refractivity contribution >= 4 is 22.4 Å². The van der Waals surface area contributed by atoms with E-state index in [9.17, 15) is 4.39 Å². The third-order valence-corrected chi connectivity index (χ3v) is 3.69. The molecule has 1 aromatic heterocycles. The van der Waals surface area contributed by atoms with Gasteiger partial charge >= 0.3 is 0 Å². The van der Waals surface area contributed by atoms with Crippen molar-refractivity contribution in [3.8, 4) is 11.5 Å². The zero-order valence-electron chi connectivity index (χ0n) is 13.2. The first-order chi connectivity index (χ1) is 12.3. The lowest BCUT2D eigenvalue weighted by molar-refractivity contribution is 0.483. The molecule has 0 aliphatic heterocycles. The number of benzene rings is 3. The van der Waals surface area contributed by atoms with Crippen molar-refractivity contribution in [3.05, 3.63) is 84.9 Å². The molecule has 0 fully saturated rings. The molecule has 0 aliphatic carbocycles. The van der Waals surface area contributed by atoms with Crippen LogP contribution in [0, 0.1) is 5.82 Å². The molecular weight excluding hydrogens is 317 g/mol. The molecule has 0 saturated heterocycles. The summed E-state index contributed by atoms with van der Waals surface area (Å²) >= 11 is 0. The van der Waals surface area contributed by atoms with Gasteiger partial charge in [-0.15, -0.1) is 0 Å². The summed E-state index contributed by atoms with van der Waals surface area (Å²) < 4.78 is 19.1. The highest BCUT2D eigenvalue weighted by Gasteiger charge is 2.05. The van der Waals surface area contributed by atoms with Gasteiger partial charge in [0.2, 0.25) is 0 Å². The molecule has 4 aromatic rings. The van der Waals surface area contributed by atoms with Gasteiger partial charge in [-0.25, -0.2) is 14.4 Å². The Labute approximate surface area is 143 Å². The third kappa shape index (κ3) is 3.40. The molecule has 0 unspecified atom stereocenters. The van der Waals surface area contributed by atoms with Gasteiger partial charge in [0.1, 0.15) is 29.5 Å². The molecule has 0 spiro atoms. The quantitative estimate of drug-likeness (QED) is 0.551. The summed E-state index contributed by atoms with van der Waals surface area (Å²) in [5, 5.41) is 3.99. The molecule has 0 amide bonds. The van der Waals surface area contributed by atoms with Crippen molar-refractivity contribution in [1.29, 1.82) is 0 Å². The van der Waals surface area contributed by atoms with Crippen LogP contribution in [0.15, 0.2) is 79.1 Å². The van der Waals surface area contributed by atoms with Crippen molar-refractivity contribution in [2.75, 3.05) is 5.32 Å². The molecule has 4 nitrogen and oxygen atoms in total. The van der Waals surface area contributed by atoms with E-state index in [4.69, 9.17) is 4.74 Å². The van der Waals surface area contributed by atoms with Crippen LogP contribution < -0.4 is 10.1 Å². The maximum Gasteiger partial charge on any atom is 0.141 e. The van der Waals surface area contributed by atoms with E-state index in [-0.39, 0.29) is 5.82 Å². The minimum atomic E-state index is -0.320. The zero-order valence-corrected chi connectivity index (χ0v) is 13.2. The van der Waals surface area contributed by atoms with Gasteiger partial charge in [0.15, 0.2) is 0 Å². The lowest BCUT2D eigenvalue weighted by atomic mass is 10.2. The first-order valence-electron chi connectivity index (χ1n) is 7.78. The highest BCUT2D eigenvalue weighted by Crippen LogP contribution is 2.26. The van der Waals surface area contributed by atoms with E-state index in [0.717, 1.165) is 22.6 Å². The second-order valence-corrected chi connectivity index (χ2v) is 5.45. The van der Waals surface area contributed by atoms with Crippen LogP contribution in [0.25, 0.3) is 10.9 Å². The highest BCUT2D eigenvalue weighted by molar-refractivity contribution is 5.90. The van der Waals surface area contributed by atoms with Crippen LogP contribution in [0.1, 0.15) is 0 Å². The smallest absolute Gasteiger partial charge is 0.141 e. The highest BCUT2D eigenvalue weighted by atomic mass is 19.1. The zero-order chi connectivity index (χ0) is 17.1. The van der Waals surface area contributed by atoms with Gasteiger partial charge in [-0.3, -0.25) is 0 Å². The summed E-state index contributed by atoms with van der Waals surface area (Å²) in [6.45, 7) is 0. The van der Waals surface area contributed by atoms with Crippen LogP contribution >= 0.6 is 0 Å². The number of nitrogens with zero attached hydrogens (tertiary/aromatic N) is 2. The topological polar surface area (TPSA) is 47.0 Å². The average Bonchev–Trinajstić information content (AvgIpc) is 2.64. The molecule has 122 valence electrons. The number of fused-ring (bicyclic) bond motifs is 1. The Morgan fingerprint density at radius 1 is 0.800 bits per heavy atom. The normalized spacial score (nSPS) is 10.6. The molecule has 0 atom stereocenters. The number of hydrogen-bond acceptors (Lipinski definition) is 4. The van der Waals surface area contributed by atoms with E-state index >= 15 is 0 Å². The molecule has 4 rings (SSSR count). The fourth-order valence-corrected chi connectivity index (χ4v) is 2.50. The molecule has 5 heteroatoms. The predicted molar refractivity (Wildman–Crippen MR) is 95.7 cm³/mol. The lowest BCUT2D eigenvalue weighted by Crippen LogP contribution is -1.96. The second kappa shape index (κ2) is 6.57. The summed E-state index contributed by atoms with van der Waals surface area (Å²) in [6.07, 6.45) is 1.41. The van der Waals surface area contributed by atoms with Gasteiger partial charge < -0.3 is 10.1 Å². The minimum Gasteiger partial charge on any atom is -0.457 e. The van der Waals surface area contributed by atoms with Gasteiger partial charge in [0.05, 0.1) is 5.52 Å². The first kappa shape index (κ1) is 15.1.